The van der Waals surface area contributed by atoms with E-state index in [2.05, 4.69) is 26.5 Å². The van der Waals surface area contributed by atoms with E-state index in [-0.39, 0.29) is 11.9 Å². The first-order chi connectivity index (χ1) is 9.43. The number of aromatic nitrogens is 2. The van der Waals surface area contributed by atoms with Crippen LogP contribution < -0.4 is 11.3 Å². The van der Waals surface area contributed by atoms with Gasteiger partial charge >= 0.3 is 0 Å². The van der Waals surface area contributed by atoms with Crippen molar-refractivity contribution in [2.75, 3.05) is 0 Å². The van der Waals surface area contributed by atoms with Crippen LogP contribution in [0.1, 0.15) is 28.6 Å². The molecule has 0 aliphatic carbocycles. The van der Waals surface area contributed by atoms with Gasteiger partial charge in [-0.3, -0.25) is 16.0 Å². The van der Waals surface area contributed by atoms with Crippen LogP contribution in [-0.2, 0) is 13.5 Å². The second-order valence-electron chi connectivity index (χ2n) is 4.90. The summed E-state index contributed by atoms with van der Waals surface area (Å²) in [7, 11) is 1.90. The maximum Gasteiger partial charge on any atom is 0.126 e. The van der Waals surface area contributed by atoms with Crippen molar-refractivity contribution in [1.82, 2.24) is 15.2 Å². The van der Waals surface area contributed by atoms with Gasteiger partial charge in [-0.1, -0.05) is 12.1 Å². The van der Waals surface area contributed by atoms with Gasteiger partial charge in [0.2, 0.25) is 0 Å². The molecule has 0 saturated carbocycles. The number of halogens is 2. The van der Waals surface area contributed by atoms with E-state index in [0.29, 0.717) is 12.0 Å². The van der Waals surface area contributed by atoms with Gasteiger partial charge in [-0.05, 0) is 47.0 Å². The second-order valence-corrected chi connectivity index (χ2v) is 5.69. The smallest absolute Gasteiger partial charge is 0.126 e. The summed E-state index contributed by atoms with van der Waals surface area (Å²) in [6.45, 7) is 3.69. The first-order valence-corrected chi connectivity index (χ1v) is 7.13. The molecule has 0 spiro atoms. The summed E-state index contributed by atoms with van der Waals surface area (Å²) in [5, 5.41) is 4.36. The number of aryl methyl sites for hydroxylation is 3. The van der Waals surface area contributed by atoms with E-state index in [1.165, 1.54) is 6.07 Å². The van der Waals surface area contributed by atoms with Crippen molar-refractivity contribution in [3.63, 3.8) is 0 Å². The van der Waals surface area contributed by atoms with Crippen LogP contribution in [0.3, 0.4) is 0 Å². The second kappa shape index (κ2) is 6.03. The van der Waals surface area contributed by atoms with Crippen LogP contribution in [0, 0.1) is 19.7 Å². The molecule has 0 fully saturated rings. The molecule has 4 nitrogen and oxygen atoms in total. The van der Waals surface area contributed by atoms with Gasteiger partial charge in [0.1, 0.15) is 5.82 Å². The Hall–Kier alpha value is -1.24. The zero-order valence-electron chi connectivity index (χ0n) is 11.7. The maximum atomic E-state index is 13.4. The van der Waals surface area contributed by atoms with Crippen molar-refractivity contribution in [3.8, 4) is 0 Å². The van der Waals surface area contributed by atoms with E-state index in [0.717, 1.165) is 21.4 Å². The summed E-state index contributed by atoms with van der Waals surface area (Å²) in [4.78, 5) is 0. The molecule has 1 aromatic carbocycles. The lowest BCUT2D eigenvalue weighted by molar-refractivity contribution is 0.526. The average molecular weight is 341 g/mol. The Labute approximate surface area is 126 Å². The summed E-state index contributed by atoms with van der Waals surface area (Å²) >= 11 is 3.55. The van der Waals surface area contributed by atoms with E-state index < -0.39 is 0 Å². The van der Waals surface area contributed by atoms with E-state index in [1.807, 2.05) is 24.7 Å². The Morgan fingerprint density at radius 2 is 2.15 bits per heavy atom. The highest BCUT2D eigenvalue weighted by atomic mass is 79.9. The number of nitrogens with two attached hydrogens (primary N) is 1. The van der Waals surface area contributed by atoms with Gasteiger partial charge in [0.25, 0.3) is 0 Å². The molecular weight excluding hydrogens is 323 g/mol. The molecule has 20 heavy (non-hydrogen) atoms. The van der Waals surface area contributed by atoms with Gasteiger partial charge < -0.3 is 0 Å². The molecule has 1 heterocycles. The Morgan fingerprint density at radius 3 is 2.65 bits per heavy atom. The third kappa shape index (κ3) is 2.92. The highest BCUT2D eigenvalue weighted by Crippen LogP contribution is 2.26. The number of nitrogens with one attached hydrogen (secondary N) is 1. The Kier molecular flexibility index (Phi) is 4.57. The number of nitrogens with zero attached hydrogens (tertiary/aromatic N) is 2. The Bertz CT molecular complexity index is 624. The minimum Gasteiger partial charge on any atom is -0.271 e. The quantitative estimate of drug-likeness (QED) is 0.664. The summed E-state index contributed by atoms with van der Waals surface area (Å²) in [5.41, 5.74) is 6.35. The van der Waals surface area contributed by atoms with Gasteiger partial charge in [-0.2, -0.15) is 5.10 Å². The molecular formula is C14H18BrFN4. The molecule has 0 radical (unpaired) electrons. The molecule has 0 amide bonds. The fourth-order valence-corrected chi connectivity index (χ4v) is 2.75. The summed E-state index contributed by atoms with van der Waals surface area (Å²) in [6.07, 6.45) is 0.666. The van der Waals surface area contributed by atoms with Crippen LogP contribution in [0.25, 0.3) is 0 Å². The van der Waals surface area contributed by atoms with Gasteiger partial charge in [0.05, 0.1) is 21.9 Å². The summed E-state index contributed by atoms with van der Waals surface area (Å²) in [5.74, 6) is 5.45. The van der Waals surface area contributed by atoms with Gasteiger partial charge in [0, 0.05) is 13.5 Å². The SMILES string of the molecule is Cc1cc(C(Cc2c(Br)c(C)nn2C)NN)ccc1F. The highest BCUT2D eigenvalue weighted by molar-refractivity contribution is 9.10. The number of hydrazine groups is 1. The first kappa shape index (κ1) is 15.2. The summed E-state index contributed by atoms with van der Waals surface area (Å²) in [6, 6.07) is 4.94. The fraction of sp³-hybridized carbons (Fsp3) is 0.357. The van der Waals surface area contributed by atoms with E-state index >= 15 is 0 Å². The predicted octanol–water partition coefficient (Wildman–Crippen LogP) is 2.69. The van der Waals surface area contributed by atoms with E-state index in [4.69, 9.17) is 5.84 Å². The molecule has 2 aromatic rings. The Balaban J connectivity index is 2.31. The lowest BCUT2D eigenvalue weighted by Gasteiger charge is -2.17. The van der Waals surface area contributed by atoms with E-state index in [1.54, 1.807) is 13.0 Å². The number of hydrogen-bond acceptors (Lipinski definition) is 3. The van der Waals surface area contributed by atoms with Crippen molar-refractivity contribution < 1.29 is 4.39 Å². The lowest BCUT2D eigenvalue weighted by Crippen LogP contribution is -2.30. The van der Waals surface area contributed by atoms with Gasteiger partial charge in [-0.25, -0.2) is 4.39 Å². The monoisotopic (exact) mass is 340 g/mol. The van der Waals surface area contributed by atoms with Crippen LogP contribution in [0.5, 0.6) is 0 Å². The maximum absolute atomic E-state index is 13.4. The van der Waals surface area contributed by atoms with Crippen LogP contribution in [0.15, 0.2) is 22.7 Å². The first-order valence-electron chi connectivity index (χ1n) is 6.34. The standard InChI is InChI=1S/C14H18BrFN4/c1-8-6-10(4-5-11(8)16)12(18-17)7-13-14(15)9(2)19-20(13)3/h4-6,12,18H,7,17H2,1-3H3. The molecule has 108 valence electrons. The third-order valence-electron chi connectivity index (χ3n) is 3.44. The molecule has 0 bridgehead atoms. The minimum absolute atomic E-state index is 0.0969. The van der Waals surface area contributed by atoms with Crippen LogP contribution >= 0.6 is 15.9 Å². The number of hydrogen-bond donors (Lipinski definition) is 2. The molecule has 2 rings (SSSR count). The third-order valence-corrected chi connectivity index (χ3v) is 4.48. The van der Waals surface area contributed by atoms with Crippen LogP contribution in [0.2, 0.25) is 0 Å². The fourth-order valence-electron chi connectivity index (χ4n) is 2.25. The van der Waals surface area contributed by atoms with Crippen LogP contribution in [0.4, 0.5) is 4.39 Å². The van der Waals surface area contributed by atoms with Gasteiger partial charge in [-0.15, -0.1) is 0 Å². The zero-order valence-corrected chi connectivity index (χ0v) is 13.3. The molecule has 3 N–H and O–H groups in total. The number of benzene rings is 1. The normalized spacial score (nSPS) is 12.7. The van der Waals surface area contributed by atoms with Crippen molar-refractivity contribution in [2.45, 2.75) is 26.3 Å². The molecule has 0 aliphatic rings. The minimum atomic E-state index is -0.206. The van der Waals surface area contributed by atoms with Gasteiger partial charge in [0.15, 0.2) is 0 Å². The number of rotatable bonds is 4. The molecule has 0 aliphatic heterocycles. The van der Waals surface area contributed by atoms with E-state index in [9.17, 15) is 4.39 Å². The van der Waals surface area contributed by atoms with Crippen molar-refractivity contribution in [2.24, 2.45) is 12.9 Å². The largest absolute Gasteiger partial charge is 0.271 e. The molecule has 0 saturated heterocycles. The molecule has 6 heteroatoms. The Morgan fingerprint density at radius 1 is 1.45 bits per heavy atom. The lowest BCUT2D eigenvalue weighted by atomic mass is 10.0. The molecule has 1 unspecified atom stereocenters. The molecule has 1 atom stereocenters. The van der Waals surface area contributed by atoms with Crippen molar-refractivity contribution in [3.05, 3.63) is 51.0 Å². The summed E-state index contributed by atoms with van der Waals surface area (Å²) < 4.78 is 16.2. The topological polar surface area (TPSA) is 55.9 Å². The van der Waals surface area contributed by atoms with Crippen molar-refractivity contribution in [1.29, 1.82) is 0 Å². The highest BCUT2D eigenvalue weighted by Gasteiger charge is 2.18. The van der Waals surface area contributed by atoms with Crippen molar-refractivity contribution >= 4 is 15.9 Å². The zero-order chi connectivity index (χ0) is 14.9. The van der Waals surface area contributed by atoms with Crippen LogP contribution in [-0.4, -0.2) is 9.78 Å². The molecule has 1 aromatic heterocycles. The average Bonchev–Trinajstić information content (AvgIpc) is 2.65. The predicted molar refractivity (Wildman–Crippen MR) is 80.6 cm³/mol.